The Morgan fingerprint density at radius 3 is 2.30 bits per heavy atom. The second-order valence-corrected chi connectivity index (χ2v) is 6.21. The lowest BCUT2D eigenvalue weighted by Gasteiger charge is -2.13. The summed E-state index contributed by atoms with van der Waals surface area (Å²) in [5.74, 6) is 1.65. The normalized spacial score (nSPS) is 11.3. The van der Waals surface area contributed by atoms with Crippen molar-refractivity contribution < 1.29 is 8.42 Å². The van der Waals surface area contributed by atoms with Crippen molar-refractivity contribution in [3.05, 3.63) is 11.9 Å². The van der Waals surface area contributed by atoms with Gasteiger partial charge >= 0.3 is 0 Å². The molecule has 0 aliphatic rings. The first-order chi connectivity index (χ1) is 9.48. The molecule has 3 N–H and O–H groups in total. The molecule has 0 bridgehead atoms. The van der Waals surface area contributed by atoms with E-state index in [9.17, 15) is 8.42 Å². The fourth-order valence-electron chi connectivity index (χ4n) is 1.77. The van der Waals surface area contributed by atoms with Crippen molar-refractivity contribution in [3.8, 4) is 0 Å². The van der Waals surface area contributed by atoms with Gasteiger partial charge in [0.15, 0.2) is 0 Å². The monoisotopic (exact) mass is 301 g/mol. The molecule has 1 aromatic rings. The van der Waals surface area contributed by atoms with Gasteiger partial charge in [0, 0.05) is 25.2 Å². The van der Waals surface area contributed by atoms with Gasteiger partial charge in [0.1, 0.15) is 18.0 Å². The van der Waals surface area contributed by atoms with Gasteiger partial charge in [-0.05, 0) is 19.8 Å². The molecule has 8 heteroatoms. The second kappa shape index (κ2) is 8.01. The van der Waals surface area contributed by atoms with Gasteiger partial charge in [-0.15, -0.1) is 0 Å². The van der Waals surface area contributed by atoms with E-state index in [0.29, 0.717) is 19.5 Å². The highest BCUT2D eigenvalue weighted by molar-refractivity contribution is 7.88. The number of anilines is 2. The molecule has 0 unspecified atom stereocenters. The van der Waals surface area contributed by atoms with Gasteiger partial charge in [0.2, 0.25) is 10.0 Å². The van der Waals surface area contributed by atoms with E-state index in [1.54, 1.807) is 0 Å². The van der Waals surface area contributed by atoms with Crippen molar-refractivity contribution in [2.75, 3.05) is 36.5 Å². The number of rotatable bonds is 9. The molecule has 1 rings (SSSR count). The highest BCUT2D eigenvalue weighted by Gasteiger charge is 2.08. The third kappa shape index (κ3) is 5.70. The zero-order valence-electron chi connectivity index (χ0n) is 12.2. The van der Waals surface area contributed by atoms with Gasteiger partial charge in [-0.1, -0.05) is 6.92 Å². The van der Waals surface area contributed by atoms with Crippen LogP contribution in [0.4, 0.5) is 11.6 Å². The number of nitrogens with one attached hydrogen (secondary N) is 3. The first-order valence-electron chi connectivity index (χ1n) is 6.74. The minimum Gasteiger partial charge on any atom is -0.370 e. The van der Waals surface area contributed by atoms with Crippen LogP contribution >= 0.6 is 0 Å². The summed E-state index contributed by atoms with van der Waals surface area (Å²) < 4.78 is 24.3. The van der Waals surface area contributed by atoms with Crippen molar-refractivity contribution in [2.45, 2.75) is 26.7 Å². The van der Waals surface area contributed by atoms with Crippen LogP contribution in [-0.2, 0) is 16.4 Å². The lowest BCUT2D eigenvalue weighted by atomic mass is 10.2. The van der Waals surface area contributed by atoms with Crippen LogP contribution in [-0.4, -0.2) is 44.3 Å². The summed E-state index contributed by atoms with van der Waals surface area (Å²) in [5, 5.41) is 6.43. The van der Waals surface area contributed by atoms with Gasteiger partial charge in [0.25, 0.3) is 0 Å². The van der Waals surface area contributed by atoms with Crippen LogP contribution in [0, 0.1) is 0 Å². The van der Waals surface area contributed by atoms with E-state index in [4.69, 9.17) is 0 Å². The molecule has 114 valence electrons. The number of hydrogen-bond acceptors (Lipinski definition) is 6. The summed E-state index contributed by atoms with van der Waals surface area (Å²) in [6.07, 6.45) is 4.20. The Morgan fingerprint density at radius 2 is 1.75 bits per heavy atom. The van der Waals surface area contributed by atoms with Crippen molar-refractivity contribution in [2.24, 2.45) is 0 Å². The van der Waals surface area contributed by atoms with E-state index < -0.39 is 10.0 Å². The first kappa shape index (κ1) is 16.6. The Hall–Kier alpha value is -1.41. The van der Waals surface area contributed by atoms with Crippen LogP contribution in [0.15, 0.2) is 6.33 Å². The summed E-state index contributed by atoms with van der Waals surface area (Å²) in [4.78, 5) is 8.46. The van der Waals surface area contributed by atoms with Gasteiger partial charge in [-0.2, -0.15) is 0 Å². The summed E-state index contributed by atoms with van der Waals surface area (Å²) in [6.45, 7) is 5.94. The maximum atomic E-state index is 10.9. The van der Waals surface area contributed by atoms with Gasteiger partial charge in [-0.3, -0.25) is 0 Å². The van der Waals surface area contributed by atoms with Gasteiger partial charge in [0.05, 0.1) is 6.26 Å². The Morgan fingerprint density at radius 1 is 1.10 bits per heavy atom. The van der Waals surface area contributed by atoms with E-state index in [0.717, 1.165) is 36.4 Å². The Kier molecular flexibility index (Phi) is 6.66. The number of sulfonamides is 1. The zero-order chi connectivity index (χ0) is 15.0. The second-order valence-electron chi connectivity index (χ2n) is 4.38. The van der Waals surface area contributed by atoms with Gasteiger partial charge in [-0.25, -0.2) is 23.1 Å². The van der Waals surface area contributed by atoms with Crippen LogP contribution < -0.4 is 15.4 Å². The number of nitrogens with zero attached hydrogens (tertiary/aromatic N) is 2. The minimum absolute atomic E-state index is 0.415. The fraction of sp³-hybridized carbons (Fsp3) is 0.667. The van der Waals surface area contributed by atoms with Crippen LogP contribution in [0.1, 0.15) is 25.8 Å². The standard InChI is InChI=1S/C12H23N5O2S/c1-4-10-11(13-5-2)15-9-16-12(10)14-7-6-8-17-20(3,18)19/h9,17H,4-8H2,1-3H3,(H2,13,14,15,16). The van der Waals surface area contributed by atoms with Crippen molar-refractivity contribution in [1.29, 1.82) is 0 Å². The largest absolute Gasteiger partial charge is 0.370 e. The topological polar surface area (TPSA) is 96.0 Å². The molecule has 7 nitrogen and oxygen atoms in total. The lowest BCUT2D eigenvalue weighted by Crippen LogP contribution is -2.24. The molecule has 0 aliphatic heterocycles. The maximum absolute atomic E-state index is 10.9. The average Bonchev–Trinajstić information content (AvgIpc) is 2.37. The minimum atomic E-state index is -3.11. The molecular weight excluding hydrogens is 278 g/mol. The molecule has 0 radical (unpaired) electrons. The molecule has 0 saturated carbocycles. The third-order valence-corrected chi connectivity index (χ3v) is 3.38. The van der Waals surface area contributed by atoms with Crippen LogP contribution in [0.2, 0.25) is 0 Å². The Bertz CT molecular complexity index is 519. The van der Waals surface area contributed by atoms with Crippen molar-refractivity contribution in [1.82, 2.24) is 14.7 Å². The Balaban J connectivity index is 2.53. The number of hydrogen-bond donors (Lipinski definition) is 3. The Labute approximate surface area is 120 Å². The van der Waals surface area contributed by atoms with Gasteiger partial charge < -0.3 is 10.6 Å². The predicted octanol–water partition coefficient (Wildman–Crippen LogP) is 0.822. The molecular formula is C12H23N5O2S. The molecule has 1 aromatic heterocycles. The van der Waals surface area contributed by atoms with Crippen LogP contribution in [0.25, 0.3) is 0 Å². The SMILES string of the molecule is CCNc1ncnc(NCCCNS(C)(=O)=O)c1CC. The maximum Gasteiger partial charge on any atom is 0.208 e. The van der Waals surface area contributed by atoms with Crippen LogP contribution in [0.3, 0.4) is 0 Å². The molecule has 20 heavy (non-hydrogen) atoms. The zero-order valence-corrected chi connectivity index (χ0v) is 13.0. The molecule has 0 aliphatic carbocycles. The van der Waals surface area contributed by atoms with Crippen molar-refractivity contribution in [3.63, 3.8) is 0 Å². The summed E-state index contributed by atoms with van der Waals surface area (Å²) in [5.41, 5.74) is 1.05. The number of aromatic nitrogens is 2. The molecule has 0 fully saturated rings. The van der Waals surface area contributed by atoms with E-state index in [2.05, 4.69) is 32.2 Å². The molecule has 0 amide bonds. The lowest BCUT2D eigenvalue weighted by molar-refractivity contribution is 0.586. The molecule has 0 saturated heterocycles. The quantitative estimate of drug-likeness (QED) is 0.585. The first-order valence-corrected chi connectivity index (χ1v) is 8.63. The molecule has 0 aromatic carbocycles. The molecule has 1 heterocycles. The van der Waals surface area contributed by atoms with E-state index in [-0.39, 0.29) is 0 Å². The summed E-state index contributed by atoms with van der Waals surface area (Å²) >= 11 is 0. The highest BCUT2D eigenvalue weighted by atomic mass is 32.2. The van der Waals surface area contributed by atoms with Crippen LogP contribution in [0.5, 0.6) is 0 Å². The molecule has 0 spiro atoms. The fourth-order valence-corrected chi connectivity index (χ4v) is 2.29. The van der Waals surface area contributed by atoms with E-state index in [1.807, 2.05) is 6.92 Å². The van der Waals surface area contributed by atoms with E-state index >= 15 is 0 Å². The third-order valence-electron chi connectivity index (χ3n) is 2.65. The average molecular weight is 301 g/mol. The predicted molar refractivity (Wildman–Crippen MR) is 81.5 cm³/mol. The summed E-state index contributed by atoms with van der Waals surface area (Å²) in [6, 6.07) is 0. The smallest absolute Gasteiger partial charge is 0.208 e. The van der Waals surface area contributed by atoms with E-state index in [1.165, 1.54) is 6.33 Å². The molecule has 0 atom stereocenters. The summed E-state index contributed by atoms with van der Waals surface area (Å²) in [7, 11) is -3.11. The van der Waals surface area contributed by atoms with Crippen molar-refractivity contribution >= 4 is 21.7 Å². The highest BCUT2D eigenvalue weighted by Crippen LogP contribution is 2.19.